The van der Waals surface area contributed by atoms with Gasteiger partial charge >= 0.3 is 0 Å². The Bertz CT molecular complexity index is 817. The topological polar surface area (TPSA) is 78.4 Å². The molecule has 7 heteroatoms. The molecular formula is C22H27FN4O2. The Hall–Kier alpha value is -2.54. The minimum Gasteiger partial charge on any atom is -0.391 e. The van der Waals surface area contributed by atoms with E-state index in [4.69, 9.17) is 0 Å². The van der Waals surface area contributed by atoms with Crippen LogP contribution in [0.4, 0.5) is 10.2 Å². The first-order valence-corrected chi connectivity index (χ1v) is 10.3. The van der Waals surface area contributed by atoms with Gasteiger partial charge in [0.1, 0.15) is 11.6 Å². The number of anilines is 1. The van der Waals surface area contributed by atoms with Crippen LogP contribution in [0.3, 0.4) is 0 Å². The summed E-state index contributed by atoms with van der Waals surface area (Å²) in [6, 6.07) is 6.39. The molecule has 4 rings (SSSR count). The molecule has 0 spiro atoms. The first-order chi connectivity index (χ1) is 14.1. The quantitative estimate of drug-likeness (QED) is 0.782. The molecule has 29 heavy (non-hydrogen) atoms. The summed E-state index contributed by atoms with van der Waals surface area (Å²) >= 11 is 0. The fourth-order valence-corrected chi connectivity index (χ4v) is 4.61. The second-order valence-corrected chi connectivity index (χ2v) is 8.18. The molecule has 0 radical (unpaired) electrons. The summed E-state index contributed by atoms with van der Waals surface area (Å²) in [6.07, 6.45) is 8.00. The predicted molar refractivity (Wildman–Crippen MR) is 108 cm³/mol. The van der Waals surface area contributed by atoms with E-state index in [-0.39, 0.29) is 17.8 Å². The van der Waals surface area contributed by atoms with Crippen molar-refractivity contribution in [2.24, 2.45) is 11.8 Å². The number of nitrogens with one attached hydrogen (secondary N) is 1. The number of fused-ring (bicyclic) bond motifs is 1. The van der Waals surface area contributed by atoms with Crippen LogP contribution >= 0.6 is 0 Å². The summed E-state index contributed by atoms with van der Waals surface area (Å²) in [4.78, 5) is 22.9. The molecule has 2 aliphatic rings. The predicted octanol–water partition coefficient (Wildman–Crippen LogP) is 2.65. The zero-order chi connectivity index (χ0) is 20.2. The molecule has 2 aromatic rings. The third-order valence-electron chi connectivity index (χ3n) is 6.16. The maximum Gasteiger partial charge on any atom is 0.222 e. The summed E-state index contributed by atoms with van der Waals surface area (Å²) in [5.41, 5.74) is 1.05. The number of nitrogens with zero attached hydrogens (tertiary/aromatic N) is 3. The van der Waals surface area contributed by atoms with Gasteiger partial charge in [0.05, 0.1) is 18.3 Å². The lowest BCUT2D eigenvalue weighted by molar-refractivity contribution is -0.130. The Morgan fingerprint density at radius 2 is 1.93 bits per heavy atom. The maximum absolute atomic E-state index is 13.0. The molecule has 2 fully saturated rings. The van der Waals surface area contributed by atoms with E-state index in [0.29, 0.717) is 30.5 Å². The zero-order valence-electron chi connectivity index (χ0n) is 16.4. The summed E-state index contributed by atoms with van der Waals surface area (Å²) in [5.74, 6) is 1.36. The van der Waals surface area contributed by atoms with Gasteiger partial charge in [-0.05, 0) is 55.2 Å². The van der Waals surface area contributed by atoms with Gasteiger partial charge in [0.15, 0.2) is 0 Å². The number of aliphatic hydroxyl groups excluding tert-OH is 1. The van der Waals surface area contributed by atoms with Crippen LogP contribution in [0.2, 0.25) is 0 Å². The number of aryl methyl sites for hydroxylation is 1. The Morgan fingerprint density at radius 3 is 2.66 bits per heavy atom. The Morgan fingerprint density at radius 1 is 1.17 bits per heavy atom. The van der Waals surface area contributed by atoms with Gasteiger partial charge in [-0.3, -0.25) is 9.78 Å². The molecular weight excluding hydrogens is 371 g/mol. The van der Waals surface area contributed by atoms with Crippen LogP contribution in [-0.4, -0.2) is 51.1 Å². The molecule has 0 unspecified atom stereocenters. The number of hydrogen-bond acceptors (Lipinski definition) is 5. The van der Waals surface area contributed by atoms with Crippen LogP contribution in [0.5, 0.6) is 0 Å². The van der Waals surface area contributed by atoms with Crippen molar-refractivity contribution in [2.75, 3.05) is 18.4 Å². The fourth-order valence-electron chi connectivity index (χ4n) is 4.61. The monoisotopic (exact) mass is 398 g/mol. The third kappa shape index (κ3) is 4.90. The highest BCUT2D eigenvalue weighted by atomic mass is 19.1. The lowest BCUT2D eigenvalue weighted by Crippen LogP contribution is -2.43. The fraction of sp³-hybridized carbons (Fsp3) is 0.500. The van der Waals surface area contributed by atoms with E-state index in [2.05, 4.69) is 15.3 Å². The van der Waals surface area contributed by atoms with Gasteiger partial charge < -0.3 is 15.3 Å². The zero-order valence-corrected chi connectivity index (χ0v) is 16.4. The van der Waals surface area contributed by atoms with E-state index in [1.54, 1.807) is 30.7 Å². The van der Waals surface area contributed by atoms with Gasteiger partial charge in [0.2, 0.25) is 5.91 Å². The van der Waals surface area contributed by atoms with Crippen molar-refractivity contribution in [1.82, 2.24) is 14.9 Å². The molecule has 6 nitrogen and oxygen atoms in total. The first-order valence-electron chi connectivity index (χ1n) is 10.3. The van der Waals surface area contributed by atoms with Crippen LogP contribution in [-0.2, 0) is 11.2 Å². The van der Waals surface area contributed by atoms with E-state index in [1.165, 1.54) is 12.1 Å². The smallest absolute Gasteiger partial charge is 0.222 e. The third-order valence-corrected chi connectivity index (χ3v) is 6.16. The molecule has 1 saturated carbocycles. The number of rotatable bonds is 6. The number of benzene rings is 1. The SMILES string of the molecule is O=C(CCCc1ccc(F)cc1)N1C[C@H]2C[C@@H](Nc3cnccn3)[C@H](O)C[C@H]2C1. The van der Waals surface area contributed by atoms with Crippen molar-refractivity contribution >= 4 is 11.7 Å². The van der Waals surface area contributed by atoms with E-state index in [1.807, 2.05) is 4.90 Å². The normalized spacial score (nSPS) is 26.2. The highest BCUT2D eigenvalue weighted by Gasteiger charge is 2.42. The number of carbonyl (C=O) groups is 1. The van der Waals surface area contributed by atoms with E-state index < -0.39 is 6.10 Å². The van der Waals surface area contributed by atoms with Crippen molar-refractivity contribution in [3.8, 4) is 0 Å². The summed E-state index contributed by atoms with van der Waals surface area (Å²) in [7, 11) is 0. The molecule has 1 aliphatic heterocycles. The van der Waals surface area contributed by atoms with Crippen LogP contribution < -0.4 is 5.32 Å². The van der Waals surface area contributed by atoms with E-state index in [9.17, 15) is 14.3 Å². The van der Waals surface area contributed by atoms with E-state index >= 15 is 0 Å². The van der Waals surface area contributed by atoms with Crippen molar-refractivity contribution in [3.63, 3.8) is 0 Å². The molecule has 1 aromatic carbocycles. The second kappa shape index (κ2) is 8.86. The number of amides is 1. The summed E-state index contributed by atoms with van der Waals surface area (Å²) in [6.45, 7) is 1.49. The van der Waals surface area contributed by atoms with Crippen molar-refractivity contribution in [3.05, 3.63) is 54.2 Å². The van der Waals surface area contributed by atoms with Crippen LogP contribution in [0, 0.1) is 17.7 Å². The minimum absolute atomic E-state index is 0.0681. The maximum atomic E-state index is 13.0. The largest absolute Gasteiger partial charge is 0.391 e. The van der Waals surface area contributed by atoms with Gasteiger partial charge in [-0.25, -0.2) is 9.37 Å². The average Bonchev–Trinajstić information content (AvgIpc) is 3.13. The highest BCUT2D eigenvalue weighted by molar-refractivity contribution is 5.76. The van der Waals surface area contributed by atoms with Crippen LogP contribution in [0.25, 0.3) is 0 Å². The molecule has 1 aromatic heterocycles. The standard InChI is InChI=1S/C22H27FN4O2/c23-18-6-4-15(5-7-18)2-1-3-22(29)27-13-16-10-19(20(28)11-17(16)14-27)26-21-12-24-8-9-25-21/h4-9,12,16-17,19-20,28H,1-3,10-11,13-14H2,(H,25,26)/t16-,17+,19-,20-/m1/s1. The van der Waals surface area contributed by atoms with Crippen molar-refractivity contribution < 1.29 is 14.3 Å². The number of halogens is 1. The van der Waals surface area contributed by atoms with Gasteiger partial charge in [-0.15, -0.1) is 0 Å². The summed E-state index contributed by atoms with van der Waals surface area (Å²) < 4.78 is 13.0. The minimum atomic E-state index is -0.452. The first kappa shape index (κ1) is 19.8. The number of hydrogen-bond donors (Lipinski definition) is 2. The van der Waals surface area contributed by atoms with Crippen molar-refractivity contribution in [1.29, 1.82) is 0 Å². The summed E-state index contributed by atoms with van der Waals surface area (Å²) in [5, 5.41) is 13.8. The second-order valence-electron chi connectivity index (χ2n) is 8.18. The number of aliphatic hydroxyl groups is 1. The Labute approximate surface area is 170 Å². The molecule has 1 saturated heterocycles. The highest BCUT2D eigenvalue weighted by Crippen LogP contribution is 2.37. The Balaban J connectivity index is 1.26. The van der Waals surface area contributed by atoms with E-state index in [0.717, 1.165) is 37.9 Å². The van der Waals surface area contributed by atoms with Gasteiger partial charge in [-0.2, -0.15) is 0 Å². The van der Waals surface area contributed by atoms with Gasteiger partial charge in [0.25, 0.3) is 0 Å². The molecule has 2 heterocycles. The Kier molecular flexibility index (Phi) is 6.04. The number of aromatic nitrogens is 2. The molecule has 154 valence electrons. The molecule has 1 aliphatic carbocycles. The molecule has 1 amide bonds. The van der Waals surface area contributed by atoms with Crippen LogP contribution in [0.15, 0.2) is 42.9 Å². The lowest BCUT2D eigenvalue weighted by atomic mass is 9.77. The van der Waals surface area contributed by atoms with Crippen molar-refractivity contribution in [2.45, 2.75) is 44.2 Å². The molecule has 2 N–H and O–H groups in total. The number of likely N-dealkylation sites (tertiary alicyclic amines) is 1. The average molecular weight is 398 g/mol. The lowest BCUT2D eigenvalue weighted by Gasteiger charge is -2.35. The molecule has 0 bridgehead atoms. The van der Waals surface area contributed by atoms with Gasteiger partial charge in [0, 0.05) is 31.9 Å². The number of carbonyl (C=O) groups excluding carboxylic acids is 1. The van der Waals surface area contributed by atoms with Crippen LogP contribution in [0.1, 0.15) is 31.2 Å². The van der Waals surface area contributed by atoms with Gasteiger partial charge in [-0.1, -0.05) is 12.1 Å². The molecule has 4 atom stereocenters.